The van der Waals surface area contributed by atoms with E-state index >= 15 is 0 Å². The van der Waals surface area contributed by atoms with Gasteiger partial charge in [0.05, 0.1) is 19.1 Å². The monoisotopic (exact) mass is 354 g/mol. The van der Waals surface area contributed by atoms with Crippen LogP contribution in [0.3, 0.4) is 0 Å². The van der Waals surface area contributed by atoms with Gasteiger partial charge in [-0.1, -0.05) is 0 Å². The van der Waals surface area contributed by atoms with E-state index in [4.69, 9.17) is 17.0 Å². The minimum Gasteiger partial charge on any atom is -0.367 e. The van der Waals surface area contributed by atoms with Crippen LogP contribution in [0.4, 0.5) is 0 Å². The SMILES string of the molecule is Cc1[nH]c(=S)sc1CC(=O)N1C[C@@H](C)O[C@@H](c2ccsc2)C1. The summed E-state index contributed by atoms with van der Waals surface area (Å²) in [7, 11) is 0. The van der Waals surface area contributed by atoms with Crippen LogP contribution < -0.4 is 0 Å². The van der Waals surface area contributed by atoms with Gasteiger partial charge in [0.25, 0.3) is 0 Å². The number of nitrogens with zero attached hydrogens (tertiary/aromatic N) is 1. The summed E-state index contributed by atoms with van der Waals surface area (Å²) in [6, 6.07) is 2.07. The van der Waals surface area contributed by atoms with Crippen molar-refractivity contribution >= 4 is 40.8 Å². The zero-order valence-electron chi connectivity index (χ0n) is 12.5. The van der Waals surface area contributed by atoms with Gasteiger partial charge in [0.15, 0.2) is 3.95 Å². The van der Waals surface area contributed by atoms with Gasteiger partial charge in [0.2, 0.25) is 5.91 Å². The number of carbonyl (C=O) groups excluding carboxylic acids is 1. The Hall–Kier alpha value is -1.02. The number of nitrogens with one attached hydrogen (secondary N) is 1. The Morgan fingerprint density at radius 3 is 3.00 bits per heavy atom. The van der Waals surface area contributed by atoms with Crippen LogP contribution in [-0.4, -0.2) is 35.0 Å². The van der Waals surface area contributed by atoms with Crippen LogP contribution in [0.1, 0.15) is 29.2 Å². The van der Waals surface area contributed by atoms with Crippen molar-refractivity contribution in [2.75, 3.05) is 13.1 Å². The fourth-order valence-corrected chi connectivity index (χ4v) is 4.64. The molecule has 0 bridgehead atoms. The number of aromatic nitrogens is 1. The average Bonchev–Trinajstić information content (AvgIpc) is 3.09. The summed E-state index contributed by atoms with van der Waals surface area (Å²) in [5.41, 5.74) is 2.15. The Kier molecular flexibility index (Phi) is 4.77. The molecule has 0 aromatic carbocycles. The van der Waals surface area contributed by atoms with Crippen LogP contribution in [0.2, 0.25) is 0 Å². The largest absolute Gasteiger partial charge is 0.367 e. The Morgan fingerprint density at radius 2 is 2.36 bits per heavy atom. The third kappa shape index (κ3) is 3.48. The van der Waals surface area contributed by atoms with Gasteiger partial charge in [0, 0.05) is 17.1 Å². The lowest BCUT2D eigenvalue weighted by Gasteiger charge is -2.36. The van der Waals surface area contributed by atoms with E-state index < -0.39 is 0 Å². The third-order valence-corrected chi connectivity index (χ3v) is 5.80. The highest BCUT2D eigenvalue weighted by Gasteiger charge is 2.29. The fraction of sp³-hybridized carbons (Fsp3) is 0.467. The standard InChI is InChI=1S/C15H18N2O2S3/c1-9-6-17(7-12(19-9)11-3-4-21-8-11)14(18)5-13-10(2)16-15(20)22-13/h3-4,8-9,12H,5-7H2,1-2H3,(H,16,20)/t9-,12-/m1/s1. The normalized spacial score (nSPS) is 22.0. The molecule has 3 rings (SSSR count). The number of thiazole rings is 1. The van der Waals surface area contributed by atoms with E-state index in [1.54, 1.807) is 11.3 Å². The smallest absolute Gasteiger partial charge is 0.228 e. The second kappa shape index (κ2) is 6.62. The van der Waals surface area contributed by atoms with Crippen molar-refractivity contribution in [3.8, 4) is 0 Å². The molecule has 2 aromatic heterocycles. The van der Waals surface area contributed by atoms with Gasteiger partial charge in [-0.25, -0.2) is 0 Å². The van der Waals surface area contributed by atoms with E-state index in [-0.39, 0.29) is 18.1 Å². The van der Waals surface area contributed by atoms with Crippen molar-refractivity contribution in [1.82, 2.24) is 9.88 Å². The molecule has 0 spiro atoms. The zero-order chi connectivity index (χ0) is 15.7. The first-order valence-electron chi connectivity index (χ1n) is 7.17. The molecule has 4 nitrogen and oxygen atoms in total. The number of hydrogen-bond acceptors (Lipinski definition) is 5. The average molecular weight is 355 g/mol. The maximum absolute atomic E-state index is 12.6. The summed E-state index contributed by atoms with van der Waals surface area (Å²) in [5, 5.41) is 4.13. The van der Waals surface area contributed by atoms with Crippen molar-refractivity contribution in [3.63, 3.8) is 0 Å². The topological polar surface area (TPSA) is 45.3 Å². The lowest BCUT2D eigenvalue weighted by Crippen LogP contribution is -2.46. The number of hydrogen-bond donors (Lipinski definition) is 1. The van der Waals surface area contributed by atoms with E-state index in [0.29, 0.717) is 19.5 Å². The molecule has 1 saturated heterocycles. The number of rotatable bonds is 3. The number of morpholine rings is 1. The Labute approximate surface area is 142 Å². The molecule has 2 aromatic rings. The first-order valence-corrected chi connectivity index (χ1v) is 9.33. The molecule has 0 saturated carbocycles. The van der Waals surface area contributed by atoms with Gasteiger partial charge in [-0.3, -0.25) is 4.79 Å². The fourth-order valence-electron chi connectivity index (χ4n) is 2.65. The van der Waals surface area contributed by atoms with E-state index in [1.165, 1.54) is 11.3 Å². The number of H-pyrrole nitrogens is 1. The molecule has 1 aliphatic rings. The molecule has 3 heterocycles. The first-order chi connectivity index (χ1) is 10.5. The summed E-state index contributed by atoms with van der Waals surface area (Å²) >= 11 is 8.28. The molecule has 1 N–H and O–H groups in total. The zero-order valence-corrected chi connectivity index (χ0v) is 14.9. The molecular weight excluding hydrogens is 336 g/mol. The molecule has 0 aliphatic carbocycles. The lowest BCUT2D eigenvalue weighted by molar-refractivity contribution is -0.144. The predicted octanol–water partition coefficient (Wildman–Crippen LogP) is 3.71. The van der Waals surface area contributed by atoms with Gasteiger partial charge in [-0.15, -0.1) is 11.3 Å². The molecular formula is C15H18N2O2S3. The van der Waals surface area contributed by atoms with E-state index in [2.05, 4.69) is 16.4 Å². The maximum Gasteiger partial charge on any atom is 0.228 e. The number of thiophene rings is 1. The molecule has 2 atom stereocenters. The Morgan fingerprint density at radius 1 is 1.55 bits per heavy atom. The third-order valence-electron chi connectivity index (χ3n) is 3.76. The highest BCUT2D eigenvalue weighted by Crippen LogP contribution is 2.27. The van der Waals surface area contributed by atoms with Crippen LogP contribution in [-0.2, 0) is 16.0 Å². The molecule has 1 aliphatic heterocycles. The number of aryl methyl sites for hydroxylation is 1. The van der Waals surface area contributed by atoms with Crippen molar-refractivity contribution in [2.24, 2.45) is 0 Å². The number of ether oxygens (including phenoxy) is 1. The van der Waals surface area contributed by atoms with Crippen molar-refractivity contribution in [2.45, 2.75) is 32.5 Å². The Balaban J connectivity index is 1.71. The van der Waals surface area contributed by atoms with Crippen LogP contribution in [0.5, 0.6) is 0 Å². The molecule has 0 radical (unpaired) electrons. The lowest BCUT2D eigenvalue weighted by atomic mass is 10.1. The van der Waals surface area contributed by atoms with Gasteiger partial charge in [-0.2, -0.15) is 11.3 Å². The highest BCUT2D eigenvalue weighted by atomic mass is 32.1. The number of carbonyl (C=O) groups is 1. The van der Waals surface area contributed by atoms with Gasteiger partial charge in [0.1, 0.15) is 6.10 Å². The van der Waals surface area contributed by atoms with E-state index in [9.17, 15) is 4.79 Å². The maximum atomic E-state index is 12.6. The first kappa shape index (κ1) is 15.9. The number of aromatic amines is 1. The van der Waals surface area contributed by atoms with E-state index in [0.717, 1.165) is 20.1 Å². The van der Waals surface area contributed by atoms with Crippen molar-refractivity contribution in [1.29, 1.82) is 0 Å². The summed E-state index contributed by atoms with van der Waals surface area (Å²) in [5.74, 6) is 0.142. The summed E-state index contributed by atoms with van der Waals surface area (Å²) < 4.78 is 6.71. The Bertz CT molecular complexity index is 705. The highest BCUT2D eigenvalue weighted by molar-refractivity contribution is 7.73. The van der Waals surface area contributed by atoms with Gasteiger partial charge in [-0.05, 0) is 48.5 Å². The van der Waals surface area contributed by atoms with Gasteiger partial charge >= 0.3 is 0 Å². The van der Waals surface area contributed by atoms with Crippen LogP contribution in [0, 0.1) is 10.9 Å². The second-order valence-corrected chi connectivity index (χ2v) is 8.08. The summed E-state index contributed by atoms with van der Waals surface area (Å²) in [4.78, 5) is 18.7. The molecule has 118 valence electrons. The number of amides is 1. The molecule has 1 amide bonds. The molecule has 22 heavy (non-hydrogen) atoms. The van der Waals surface area contributed by atoms with Gasteiger partial charge < -0.3 is 14.6 Å². The van der Waals surface area contributed by atoms with Crippen LogP contribution in [0.25, 0.3) is 0 Å². The van der Waals surface area contributed by atoms with Crippen LogP contribution >= 0.6 is 34.9 Å². The quantitative estimate of drug-likeness (QED) is 0.855. The van der Waals surface area contributed by atoms with E-state index in [1.807, 2.05) is 24.1 Å². The minimum absolute atomic E-state index is 0.0236. The van der Waals surface area contributed by atoms with Crippen molar-refractivity contribution in [3.05, 3.63) is 36.9 Å². The minimum atomic E-state index is -0.0236. The van der Waals surface area contributed by atoms with Crippen LogP contribution in [0.15, 0.2) is 16.8 Å². The molecule has 0 unspecified atom stereocenters. The van der Waals surface area contributed by atoms with Crippen molar-refractivity contribution < 1.29 is 9.53 Å². The molecule has 1 fully saturated rings. The summed E-state index contributed by atoms with van der Waals surface area (Å²) in [6.45, 7) is 5.25. The summed E-state index contributed by atoms with van der Waals surface area (Å²) in [6.07, 6.45) is 0.435. The predicted molar refractivity (Wildman–Crippen MR) is 92.1 cm³/mol. The molecule has 7 heteroatoms. The second-order valence-electron chi connectivity index (χ2n) is 5.53.